The van der Waals surface area contributed by atoms with Gasteiger partial charge < -0.3 is 9.84 Å². The molecule has 1 aliphatic heterocycles. The van der Waals surface area contributed by atoms with E-state index >= 15 is 0 Å². The van der Waals surface area contributed by atoms with Crippen molar-refractivity contribution >= 4 is 0 Å². The molecule has 2 aromatic rings. The largest absolute Gasteiger partial charge is 0.497 e. The summed E-state index contributed by atoms with van der Waals surface area (Å²) in [4.78, 5) is 2.42. The second kappa shape index (κ2) is 6.23. The van der Waals surface area contributed by atoms with Crippen LogP contribution in [0.4, 0.5) is 0 Å². The summed E-state index contributed by atoms with van der Waals surface area (Å²) < 4.78 is 5.28. The first-order chi connectivity index (χ1) is 11.7. The Morgan fingerprint density at radius 2 is 2.00 bits per heavy atom. The van der Waals surface area contributed by atoms with Gasteiger partial charge in [-0.1, -0.05) is 42.8 Å². The van der Waals surface area contributed by atoms with E-state index in [2.05, 4.69) is 29.2 Å². The summed E-state index contributed by atoms with van der Waals surface area (Å²) in [5, 5.41) is 10.7. The Hall–Kier alpha value is -1.84. The minimum absolute atomic E-state index is 0.322. The third-order valence-corrected chi connectivity index (χ3v) is 5.73. The van der Waals surface area contributed by atoms with Crippen molar-refractivity contribution in [1.29, 1.82) is 0 Å². The highest BCUT2D eigenvalue weighted by atomic mass is 16.5. The molecule has 0 bridgehead atoms. The summed E-state index contributed by atoms with van der Waals surface area (Å²) >= 11 is 0. The highest BCUT2D eigenvalue weighted by Gasteiger charge is 2.44. The van der Waals surface area contributed by atoms with E-state index in [1.807, 2.05) is 24.3 Å². The molecule has 1 atom stereocenters. The maximum atomic E-state index is 10.7. The van der Waals surface area contributed by atoms with Crippen molar-refractivity contribution in [1.82, 2.24) is 4.90 Å². The van der Waals surface area contributed by atoms with Gasteiger partial charge in [0.05, 0.1) is 13.2 Å². The first kappa shape index (κ1) is 15.7. The van der Waals surface area contributed by atoms with Crippen molar-refractivity contribution in [3.63, 3.8) is 0 Å². The fraction of sp³-hybridized carbons (Fsp3) is 0.429. The van der Waals surface area contributed by atoms with E-state index in [1.54, 1.807) is 12.7 Å². The molecule has 1 spiro atoms. The molecule has 2 aliphatic rings. The predicted molar refractivity (Wildman–Crippen MR) is 95.2 cm³/mol. The molecule has 1 N–H and O–H groups in total. The van der Waals surface area contributed by atoms with Crippen LogP contribution in [-0.4, -0.2) is 30.2 Å². The maximum absolute atomic E-state index is 10.7. The van der Waals surface area contributed by atoms with Gasteiger partial charge in [0.25, 0.3) is 0 Å². The number of hydrogen-bond donors (Lipinski definition) is 1. The molecule has 0 radical (unpaired) electrons. The number of β-amino-alcohol motifs (C(OH)–C–C–N with tert-alkyl or cyclic N) is 1. The van der Waals surface area contributed by atoms with Crippen molar-refractivity contribution < 1.29 is 9.84 Å². The molecule has 1 fully saturated rings. The van der Waals surface area contributed by atoms with E-state index in [0.29, 0.717) is 12.0 Å². The zero-order chi connectivity index (χ0) is 16.6. The van der Waals surface area contributed by atoms with Gasteiger partial charge in [0, 0.05) is 25.0 Å². The number of hydrogen-bond acceptors (Lipinski definition) is 3. The summed E-state index contributed by atoms with van der Waals surface area (Å²) in [5.41, 5.74) is 4.23. The first-order valence-electron chi connectivity index (χ1n) is 8.83. The van der Waals surface area contributed by atoms with Gasteiger partial charge in [0.15, 0.2) is 0 Å². The number of ether oxygens (including phenoxy) is 1. The smallest absolute Gasteiger partial charge is 0.119 e. The molecule has 126 valence electrons. The molecular weight excluding hydrogens is 298 g/mol. The molecule has 3 nitrogen and oxygen atoms in total. The van der Waals surface area contributed by atoms with E-state index < -0.39 is 6.10 Å². The molecule has 1 saturated carbocycles. The van der Waals surface area contributed by atoms with Gasteiger partial charge in [-0.05, 0) is 41.7 Å². The molecule has 24 heavy (non-hydrogen) atoms. The van der Waals surface area contributed by atoms with Crippen molar-refractivity contribution in [2.75, 3.05) is 20.2 Å². The van der Waals surface area contributed by atoms with Crippen LogP contribution in [0.2, 0.25) is 0 Å². The molecule has 3 heteroatoms. The van der Waals surface area contributed by atoms with Crippen molar-refractivity contribution in [2.24, 2.45) is 0 Å². The minimum Gasteiger partial charge on any atom is -0.497 e. The van der Waals surface area contributed by atoms with Crippen LogP contribution in [0.5, 0.6) is 5.75 Å². The van der Waals surface area contributed by atoms with Crippen molar-refractivity contribution in [3.05, 3.63) is 65.2 Å². The normalized spacial score (nSPS) is 20.2. The molecule has 4 rings (SSSR count). The van der Waals surface area contributed by atoms with Gasteiger partial charge in [0.1, 0.15) is 5.75 Å². The highest BCUT2D eigenvalue weighted by Crippen LogP contribution is 2.48. The lowest BCUT2D eigenvalue weighted by atomic mass is 9.61. The van der Waals surface area contributed by atoms with Gasteiger partial charge in [-0.25, -0.2) is 0 Å². The maximum Gasteiger partial charge on any atom is 0.119 e. The standard InChI is InChI=1S/C21H25NO2/c1-24-18-8-4-7-16(12-18)20(23)14-22-13-17-6-2-3-9-19(17)21(15-22)10-5-11-21/h2-4,6-9,12,20,23H,5,10-11,13-15H2,1H3. The summed E-state index contributed by atoms with van der Waals surface area (Å²) in [6.07, 6.45) is 3.38. The minimum atomic E-state index is -0.484. The quantitative estimate of drug-likeness (QED) is 0.932. The SMILES string of the molecule is COc1cccc(C(O)CN2Cc3ccccc3C3(CCC3)C2)c1. The first-order valence-corrected chi connectivity index (χ1v) is 8.83. The number of aliphatic hydroxyl groups is 1. The number of aliphatic hydroxyl groups excluding tert-OH is 1. The van der Waals surface area contributed by atoms with Crippen LogP contribution in [0.25, 0.3) is 0 Å². The van der Waals surface area contributed by atoms with E-state index in [1.165, 1.54) is 24.8 Å². The number of nitrogens with zero attached hydrogens (tertiary/aromatic N) is 1. The average Bonchev–Trinajstić information content (AvgIpc) is 2.59. The molecule has 1 unspecified atom stereocenters. The fourth-order valence-corrected chi connectivity index (χ4v) is 4.34. The lowest BCUT2D eigenvalue weighted by Gasteiger charge is -2.50. The predicted octanol–water partition coefficient (Wildman–Crippen LogP) is 3.67. The van der Waals surface area contributed by atoms with Gasteiger partial charge in [-0.2, -0.15) is 0 Å². The summed E-state index contributed by atoms with van der Waals surface area (Å²) in [6.45, 7) is 2.66. The van der Waals surface area contributed by atoms with Gasteiger partial charge in [0.2, 0.25) is 0 Å². The third kappa shape index (κ3) is 2.72. The lowest BCUT2D eigenvalue weighted by Crippen LogP contribution is -2.50. The zero-order valence-electron chi connectivity index (χ0n) is 14.2. The second-order valence-electron chi connectivity index (χ2n) is 7.25. The number of methoxy groups -OCH3 is 1. The van der Waals surface area contributed by atoms with Gasteiger partial charge in [-0.3, -0.25) is 4.90 Å². The van der Waals surface area contributed by atoms with Gasteiger partial charge in [-0.15, -0.1) is 0 Å². The molecule has 1 heterocycles. The summed E-state index contributed by atoms with van der Waals surface area (Å²) in [6, 6.07) is 16.6. The molecular formula is C21H25NO2. The van der Waals surface area contributed by atoms with Crippen LogP contribution in [0, 0.1) is 0 Å². The van der Waals surface area contributed by atoms with Crippen LogP contribution in [0.3, 0.4) is 0 Å². The number of benzene rings is 2. The Balaban J connectivity index is 1.53. The third-order valence-electron chi connectivity index (χ3n) is 5.73. The van der Waals surface area contributed by atoms with E-state index in [0.717, 1.165) is 24.4 Å². The average molecular weight is 323 g/mol. The Bertz CT molecular complexity index is 723. The monoisotopic (exact) mass is 323 g/mol. The van der Waals surface area contributed by atoms with E-state index in [9.17, 15) is 5.11 Å². The van der Waals surface area contributed by atoms with E-state index in [-0.39, 0.29) is 0 Å². The number of fused-ring (bicyclic) bond motifs is 2. The van der Waals surface area contributed by atoms with Crippen molar-refractivity contribution in [2.45, 2.75) is 37.3 Å². The van der Waals surface area contributed by atoms with Gasteiger partial charge >= 0.3 is 0 Å². The van der Waals surface area contributed by atoms with E-state index in [4.69, 9.17) is 4.74 Å². The zero-order valence-corrected chi connectivity index (χ0v) is 14.2. The Morgan fingerprint density at radius 1 is 1.17 bits per heavy atom. The van der Waals surface area contributed by atoms with Crippen LogP contribution in [0.1, 0.15) is 42.1 Å². The molecule has 0 aromatic heterocycles. The highest BCUT2D eigenvalue weighted by molar-refractivity contribution is 5.39. The van der Waals surface area contributed by atoms with Crippen molar-refractivity contribution in [3.8, 4) is 5.75 Å². The molecule has 0 amide bonds. The Kier molecular flexibility index (Phi) is 4.07. The second-order valence-corrected chi connectivity index (χ2v) is 7.25. The summed E-state index contributed by atoms with van der Waals surface area (Å²) in [5.74, 6) is 0.797. The topological polar surface area (TPSA) is 32.7 Å². The van der Waals surface area contributed by atoms with Crippen LogP contribution in [-0.2, 0) is 12.0 Å². The van der Waals surface area contributed by atoms with Crippen LogP contribution >= 0.6 is 0 Å². The van der Waals surface area contributed by atoms with Crippen LogP contribution < -0.4 is 4.74 Å². The van der Waals surface area contributed by atoms with Crippen LogP contribution in [0.15, 0.2) is 48.5 Å². The fourth-order valence-electron chi connectivity index (χ4n) is 4.34. The molecule has 0 saturated heterocycles. The number of rotatable bonds is 4. The Labute approximate surface area is 143 Å². The molecule has 1 aliphatic carbocycles. The Morgan fingerprint density at radius 3 is 2.75 bits per heavy atom. The lowest BCUT2D eigenvalue weighted by molar-refractivity contribution is 0.0605. The molecule has 2 aromatic carbocycles. The summed E-state index contributed by atoms with van der Waals surface area (Å²) in [7, 11) is 1.66.